The van der Waals surface area contributed by atoms with Crippen molar-refractivity contribution in [2.24, 2.45) is 5.10 Å². The van der Waals surface area contributed by atoms with Gasteiger partial charge in [0.05, 0.1) is 29.9 Å². The predicted molar refractivity (Wildman–Crippen MR) is 93.2 cm³/mol. The second-order valence-corrected chi connectivity index (χ2v) is 5.81. The van der Waals surface area contributed by atoms with Crippen LogP contribution in [0.2, 0.25) is 0 Å². The van der Waals surface area contributed by atoms with E-state index in [1.54, 1.807) is 19.2 Å². The molecule has 0 aliphatic rings. The molecule has 0 amide bonds. The molecule has 0 aliphatic heterocycles. The zero-order chi connectivity index (χ0) is 18.4. The molecule has 0 radical (unpaired) electrons. The highest BCUT2D eigenvalue weighted by Crippen LogP contribution is 2.26. The fourth-order valence-electron chi connectivity index (χ4n) is 1.95. The molecule has 0 atom stereocenters. The number of rotatable bonds is 7. The molecule has 1 aromatic carbocycles. The number of esters is 1. The van der Waals surface area contributed by atoms with Gasteiger partial charge in [-0.1, -0.05) is 0 Å². The van der Waals surface area contributed by atoms with Crippen LogP contribution in [0.3, 0.4) is 0 Å². The van der Waals surface area contributed by atoms with E-state index in [2.05, 4.69) is 15.5 Å². The fourth-order valence-corrected chi connectivity index (χ4v) is 2.61. The summed E-state index contributed by atoms with van der Waals surface area (Å²) >= 11 is 1.25. The molecule has 2 N–H and O–H groups in total. The fraction of sp³-hybridized carbons (Fsp3) is 0.267. The Hall–Kier alpha value is -3.01. The molecule has 9 nitrogen and oxygen atoms in total. The van der Waals surface area contributed by atoms with Gasteiger partial charge in [0, 0.05) is 23.1 Å². The maximum absolute atomic E-state index is 11.4. The number of hydrazone groups is 1. The van der Waals surface area contributed by atoms with Gasteiger partial charge in [-0.05, 0) is 19.4 Å². The first-order chi connectivity index (χ1) is 11.9. The second-order valence-electron chi connectivity index (χ2n) is 4.95. The molecule has 132 valence electrons. The number of anilines is 1. The number of carbonyl (C=O) groups is 1. The van der Waals surface area contributed by atoms with Crippen molar-refractivity contribution in [2.45, 2.75) is 20.3 Å². The monoisotopic (exact) mass is 364 g/mol. The lowest BCUT2D eigenvalue weighted by molar-refractivity contribution is -0.384. The van der Waals surface area contributed by atoms with Crippen LogP contribution < -0.4 is 5.43 Å². The lowest BCUT2D eigenvalue weighted by atomic mass is 10.1. The highest BCUT2D eigenvalue weighted by Gasteiger charge is 2.13. The van der Waals surface area contributed by atoms with E-state index in [9.17, 15) is 20.0 Å². The zero-order valence-electron chi connectivity index (χ0n) is 13.6. The van der Waals surface area contributed by atoms with Crippen LogP contribution in [-0.2, 0) is 16.0 Å². The van der Waals surface area contributed by atoms with Gasteiger partial charge in [-0.15, -0.1) is 11.3 Å². The van der Waals surface area contributed by atoms with Crippen molar-refractivity contribution in [2.75, 3.05) is 12.0 Å². The number of nitrogens with zero attached hydrogens (tertiary/aromatic N) is 3. The van der Waals surface area contributed by atoms with Crippen molar-refractivity contribution < 1.29 is 19.6 Å². The summed E-state index contributed by atoms with van der Waals surface area (Å²) < 4.78 is 4.84. The number of aryl methyl sites for hydroxylation is 1. The maximum atomic E-state index is 11.4. The summed E-state index contributed by atoms with van der Waals surface area (Å²) in [5.74, 6) is -0.446. The first kappa shape index (κ1) is 18.3. The molecule has 0 saturated carbocycles. The van der Waals surface area contributed by atoms with E-state index in [0.717, 1.165) is 0 Å². The number of non-ortho nitro benzene ring substituents is 1. The molecule has 0 aliphatic carbocycles. The molecule has 0 saturated heterocycles. The third-order valence-electron chi connectivity index (χ3n) is 3.07. The molecule has 0 spiro atoms. The van der Waals surface area contributed by atoms with Crippen LogP contribution in [0.5, 0.6) is 5.75 Å². The minimum atomic E-state index is -0.542. The van der Waals surface area contributed by atoms with Gasteiger partial charge < -0.3 is 9.84 Å². The number of phenolic OH excluding ortho intramolecular Hbond substituents is 1. The van der Waals surface area contributed by atoms with Crippen molar-refractivity contribution in [3.63, 3.8) is 0 Å². The number of phenols is 1. The van der Waals surface area contributed by atoms with Gasteiger partial charge in [0.2, 0.25) is 5.13 Å². The lowest BCUT2D eigenvalue weighted by Gasteiger charge is -2.03. The average Bonchev–Trinajstić information content (AvgIpc) is 2.98. The van der Waals surface area contributed by atoms with Crippen LogP contribution in [0.4, 0.5) is 10.8 Å². The van der Waals surface area contributed by atoms with Gasteiger partial charge in [0.25, 0.3) is 5.69 Å². The summed E-state index contributed by atoms with van der Waals surface area (Å²) in [5, 5.41) is 26.9. The lowest BCUT2D eigenvalue weighted by Crippen LogP contribution is -2.07. The number of nitrogens with one attached hydrogen (secondary N) is 1. The molecule has 10 heteroatoms. The zero-order valence-corrected chi connectivity index (χ0v) is 14.4. The third-order valence-corrected chi connectivity index (χ3v) is 3.87. The normalized spacial score (nSPS) is 10.8. The molecule has 0 fully saturated rings. The van der Waals surface area contributed by atoms with E-state index in [4.69, 9.17) is 4.74 Å². The van der Waals surface area contributed by atoms with Crippen LogP contribution in [0.25, 0.3) is 0 Å². The highest BCUT2D eigenvalue weighted by molar-refractivity contribution is 7.13. The standard InChI is InChI=1S/C15H16N4O5S/c1-3-24-13(20)6-11-8-25-15(17-11)18-16-7-10-5-12(19(22)23)4-9(2)14(10)21/h4-5,7-8,21H,3,6H2,1-2H3,(H,17,18). The second kappa shape index (κ2) is 8.20. The average molecular weight is 364 g/mol. The van der Waals surface area contributed by atoms with Crippen molar-refractivity contribution in [1.29, 1.82) is 0 Å². The topological polar surface area (TPSA) is 127 Å². The van der Waals surface area contributed by atoms with Crippen molar-refractivity contribution in [3.8, 4) is 5.75 Å². The SMILES string of the molecule is CCOC(=O)Cc1csc(NN=Cc2cc([N+](=O)[O-])cc(C)c2O)n1. The van der Waals surface area contributed by atoms with E-state index < -0.39 is 4.92 Å². The number of hydrogen-bond acceptors (Lipinski definition) is 9. The molecule has 2 rings (SSSR count). The Morgan fingerprint density at radius 3 is 3.00 bits per heavy atom. The van der Waals surface area contributed by atoms with Crippen LogP contribution >= 0.6 is 11.3 Å². The van der Waals surface area contributed by atoms with Crippen LogP contribution in [-0.4, -0.2) is 33.8 Å². The number of thiazole rings is 1. The number of carbonyl (C=O) groups excluding carboxylic acids is 1. The van der Waals surface area contributed by atoms with Crippen LogP contribution in [0.1, 0.15) is 23.7 Å². The number of aromatic hydroxyl groups is 1. The maximum Gasteiger partial charge on any atom is 0.311 e. The van der Waals surface area contributed by atoms with Crippen molar-refractivity contribution in [3.05, 3.63) is 44.4 Å². The van der Waals surface area contributed by atoms with Gasteiger partial charge in [0.15, 0.2) is 0 Å². The van der Waals surface area contributed by atoms with E-state index in [1.807, 2.05) is 0 Å². The Kier molecular flexibility index (Phi) is 6.01. The van der Waals surface area contributed by atoms with E-state index >= 15 is 0 Å². The number of aromatic nitrogens is 1. The summed E-state index contributed by atoms with van der Waals surface area (Å²) in [6, 6.07) is 2.50. The van der Waals surface area contributed by atoms with Crippen LogP contribution in [0.15, 0.2) is 22.6 Å². The minimum absolute atomic E-state index is 0.0700. The Bertz CT molecular complexity index is 818. The largest absolute Gasteiger partial charge is 0.507 e. The molecule has 0 unspecified atom stereocenters. The quantitative estimate of drug-likeness (QED) is 0.334. The molecule has 1 heterocycles. The van der Waals surface area contributed by atoms with Crippen molar-refractivity contribution in [1.82, 2.24) is 4.98 Å². The van der Waals surface area contributed by atoms with E-state index in [0.29, 0.717) is 23.0 Å². The summed E-state index contributed by atoms with van der Waals surface area (Å²) in [6.07, 6.45) is 1.34. The van der Waals surface area contributed by atoms with Gasteiger partial charge in [-0.2, -0.15) is 5.10 Å². The Balaban J connectivity index is 2.05. The number of benzene rings is 1. The Labute approximate surface area is 147 Å². The number of hydrogen-bond donors (Lipinski definition) is 2. The molecule has 25 heavy (non-hydrogen) atoms. The van der Waals surface area contributed by atoms with Gasteiger partial charge in [-0.3, -0.25) is 20.3 Å². The number of ether oxygens (including phenoxy) is 1. The number of nitro groups is 1. The summed E-state index contributed by atoms with van der Waals surface area (Å²) in [5.41, 5.74) is 3.66. The van der Waals surface area contributed by atoms with Crippen molar-refractivity contribution >= 4 is 34.3 Å². The van der Waals surface area contributed by atoms with Gasteiger partial charge >= 0.3 is 5.97 Å². The first-order valence-corrected chi connectivity index (χ1v) is 8.15. The molecule has 0 bridgehead atoms. The molecular formula is C15H16N4O5S. The smallest absolute Gasteiger partial charge is 0.311 e. The van der Waals surface area contributed by atoms with Gasteiger partial charge in [0.1, 0.15) is 5.75 Å². The third kappa shape index (κ3) is 4.98. The van der Waals surface area contributed by atoms with E-state index in [1.165, 1.54) is 29.7 Å². The molecular weight excluding hydrogens is 348 g/mol. The highest BCUT2D eigenvalue weighted by atomic mass is 32.1. The van der Waals surface area contributed by atoms with E-state index in [-0.39, 0.29) is 29.4 Å². The molecule has 2 aromatic rings. The number of nitro benzene ring substituents is 1. The van der Waals surface area contributed by atoms with Crippen LogP contribution in [0, 0.1) is 17.0 Å². The molecule has 1 aromatic heterocycles. The summed E-state index contributed by atoms with van der Waals surface area (Å²) in [6.45, 7) is 3.60. The Morgan fingerprint density at radius 2 is 2.32 bits per heavy atom. The summed E-state index contributed by atoms with van der Waals surface area (Å²) in [7, 11) is 0. The Morgan fingerprint density at radius 1 is 1.56 bits per heavy atom. The van der Waals surface area contributed by atoms with Gasteiger partial charge in [-0.25, -0.2) is 4.98 Å². The minimum Gasteiger partial charge on any atom is -0.507 e. The first-order valence-electron chi connectivity index (χ1n) is 7.27. The predicted octanol–water partition coefficient (Wildman–Crippen LogP) is 2.62. The summed E-state index contributed by atoms with van der Waals surface area (Å²) in [4.78, 5) is 25.9.